The first-order chi connectivity index (χ1) is 21.5. The van der Waals surface area contributed by atoms with Crippen molar-refractivity contribution in [2.45, 2.75) is 44.8 Å². The number of nitrogens with one attached hydrogen (secondary N) is 1. The fourth-order valence-electron chi connectivity index (χ4n) is 6.13. The molecule has 9 nitrogen and oxygen atoms in total. The number of aromatic nitrogens is 2. The first-order valence-electron chi connectivity index (χ1n) is 15.3. The fraction of sp³-hybridized carbons (Fsp3) is 0.343. The van der Waals surface area contributed by atoms with Crippen molar-refractivity contribution in [1.82, 2.24) is 14.9 Å². The number of rotatable bonds is 8. The summed E-state index contributed by atoms with van der Waals surface area (Å²) in [5, 5.41) is 4.68. The third-order valence-corrected chi connectivity index (χ3v) is 8.72. The molecule has 0 aliphatic carbocycles. The summed E-state index contributed by atoms with van der Waals surface area (Å²) in [7, 11) is 1.41. The molecule has 7 rings (SSSR count). The lowest BCUT2D eigenvalue weighted by Gasteiger charge is -2.34. The largest absolute Gasteiger partial charge is 0.473 e. The van der Waals surface area contributed by atoms with Gasteiger partial charge in [-0.1, -0.05) is 18.2 Å². The number of hydrogen-bond donors (Lipinski definition) is 1. The molecule has 2 fully saturated rings. The van der Waals surface area contributed by atoms with Crippen LogP contribution in [0.4, 0.5) is 11.4 Å². The van der Waals surface area contributed by atoms with Crippen LogP contribution in [0.1, 0.15) is 52.5 Å². The van der Waals surface area contributed by atoms with Crippen molar-refractivity contribution in [3.05, 3.63) is 101 Å². The zero-order valence-electron chi connectivity index (χ0n) is 25.2. The van der Waals surface area contributed by atoms with Crippen molar-refractivity contribution in [3.8, 4) is 5.88 Å². The van der Waals surface area contributed by atoms with E-state index < -0.39 is 0 Å². The number of carbonyl (C=O) groups excluding carboxylic acids is 1. The van der Waals surface area contributed by atoms with Gasteiger partial charge in [0.2, 0.25) is 5.88 Å². The number of methoxy groups -OCH3 is 1. The van der Waals surface area contributed by atoms with Gasteiger partial charge in [0.05, 0.1) is 42.2 Å². The number of esters is 1. The van der Waals surface area contributed by atoms with Gasteiger partial charge >= 0.3 is 5.97 Å². The van der Waals surface area contributed by atoms with Gasteiger partial charge in [-0.25, -0.2) is 9.78 Å². The van der Waals surface area contributed by atoms with Crippen molar-refractivity contribution in [3.63, 3.8) is 0 Å². The van der Waals surface area contributed by atoms with Crippen LogP contribution in [0, 0.1) is 6.92 Å². The highest BCUT2D eigenvalue weighted by atomic mass is 16.5. The maximum atomic E-state index is 12.2. The van der Waals surface area contributed by atoms with Gasteiger partial charge in [-0.05, 0) is 74.2 Å². The SMILES string of the molecule is COC(=O)c1ccc2c(c1)N(CC1CCO1)C(=CN1CCC(c3cccc(OCc4ccc5nc(C)ccc5c4)n3)CC1)N2. The van der Waals surface area contributed by atoms with E-state index in [1.165, 1.54) is 7.11 Å². The first-order valence-corrected chi connectivity index (χ1v) is 15.3. The summed E-state index contributed by atoms with van der Waals surface area (Å²) in [6, 6.07) is 22.1. The van der Waals surface area contributed by atoms with Gasteiger partial charge in [0.1, 0.15) is 12.4 Å². The van der Waals surface area contributed by atoms with E-state index in [1.807, 2.05) is 43.3 Å². The number of carbonyl (C=O) groups is 1. The molecule has 3 aliphatic rings. The average Bonchev–Trinajstić information content (AvgIpc) is 3.37. The van der Waals surface area contributed by atoms with E-state index >= 15 is 0 Å². The van der Waals surface area contributed by atoms with Gasteiger partial charge in [0.25, 0.3) is 0 Å². The molecule has 2 aromatic heterocycles. The lowest BCUT2D eigenvalue weighted by Crippen LogP contribution is -2.40. The minimum absolute atomic E-state index is 0.182. The molecule has 1 atom stereocenters. The third-order valence-electron chi connectivity index (χ3n) is 8.72. The molecule has 0 spiro atoms. The van der Waals surface area contributed by atoms with Crippen LogP contribution in [-0.4, -0.2) is 60.3 Å². The molecule has 5 heterocycles. The zero-order valence-corrected chi connectivity index (χ0v) is 25.2. The lowest BCUT2D eigenvalue weighted by molar-refractivity contribution is -0.0437. The van der Waals surface area contributed by atoms with Crippen molar-refractivity contribution < 1.29 is 19.0 Å². The van der Waals surface area contributed by atoms with Gasteiger partial charge < -0.3 is 29.3 Å². The highest BCUT2D eigenvalue weighted by molar-refractivity contribution is 5.94. The van der Waals surface area contributed by atoms with Crippen LogP contribution >= 0.6 is 0 Å². The summed E-state index contributed by atoms with van der Waals surface area (Å²) in [4.78, 5) is 26.3. The standard InChI is InChI=1S/C35H37N5O4/c1-23-6-8-26-18-24(7-10-30(26)36-23)22-44-34-5-3-4-29(38-34)25-12-15-39(16-13-25)21-33-37-31-11-9-27(35(41)42-2)19-32(31)40(33)20-28-14-17-43-28/h3-11,18-19,21,25,28,37H,12-17,20,22H2,1-2H3. The van der Waals surface area contributed by atoms with E-state index in [-0.39, 0.29) is 12.1 Å². The van der Waals surface area contributed by atoms with Crippen LogP contribution in [-0.2, 0) is 16.1 Å². The molecule has 9 heteroatoms. The molecule has 4 aromatic rings. The highest BCUT2D eigenvalue weighted by Crippen LogP contribution is 2.39. The third kappa shape index (κ3) is 5.92. The second-order valence-corrected chi connectivity index (χ2v) is 11.7. The number of benzene rings is 2. The molecule has 2 aromatic carbocycles. The Hall–Kier alpha value is -4.63. The van der Waals surface area contributed by atoms with E-state index in [0.29, 0.717) is 24.0 Å². The molecule has 226 valence electrons. The normalized spacial score (nSPS) is 19.0. The summed E-state index contributed by atoms with van der Waals surface area (Å²) >= 11 is 0. The number of fused-ring (bicyclic) bond motifs is 2. The molecule has 1 unspecified atom stereocenters. The summed E-state index contributed by atoms with van der Waals surface area (Å²) in [6.07, 6.45) is 5.43. The fourth-order valence-corrected chi connectivity index (χ4v) is 6.13. The van der Waals surface area contributed by atoms with Crippen molar-refractivity contribution in [2.75, 3.05) is 43.6 Å². The van der Waals surface area contributed by atoms with Crippen molar-refractivity contribution in [2.24, 2.45) is 0 Å². The van der Waals surface area contributed by atoms with E-state index in [2.05, 4.69) is 50.6 Å². The Morgan fingerprint density at radius 3 is 2.70 bits per heavy atom. The van der Waals surface area contributed by atoms with E-state index in [9.17, 15) is 4.79 Å². The van der Waals surface area contributed by atoms with Crippen LogP contribution < -0.4 is 15.0 Å². The Morgan fingerprint density at radius 1 is 1.05 bits per heavy atom. The molecule has 0 saturated carbocycles. The predicted octanol–water partition coefficient (Wildman–Crippen LogP) is 6.00. The molecule has 0 radical (unpaired) electrons. The van der Waals surface area contributed by atoms with Gasteiger partial charge in [-0.2, -0.15) is 0 Å². The highest BCUT2D eigenvalue weighted by Gasteiger charge is 2.31. The predicted molar refractivity (Wildman–Crippen MR) is 170 cm³/mol. The van der Waals surface area contributed by atoms with Crippen LogP contribution in [0.15, 0.2) is 78.8 Å². The molecule has 0 bridgehead atoms. The Labute approximate surface area is 257 Å². The zero-order chi connectivity index (χ0) is 30.0. The van der Waals surface area contributed by atoms with Gasteiger partial charge in [0.15, 0.2) is 0 Å². The Kier molecular flexibility index (Phi) is 7.78. The van der Waals surface area contributed by atoms with Crippen LogP contribution in [0.2, 0.25) is 0 Å². The van der Waals surface area contributed by atoms with Gasteiger partial charge in [-0.15, -0.1) is 0 Å². The summed E-state index contributed by atoms with van der Waals surface area (Å²) < 4.78 is 16.8. The van der Waals surface area contributed by atoms with E-state index in [1.54, 1.807) is 6.07 Å². The van der Waals surface area contributed by atoms with E-state index in [4.69, 9.17) is 19.2 Å². The summed E-state index contributed by atoms with van der Waals surface area (Å²) in [6.45, 7) is 5.85. The minimum atomic E-state index is -0.337. The number of likely N-dealkylation sites (tertiary alicyclic amines) is 1. The van der Waals surface area contributed by atoms with Crippen molar-refractivity contribution >= 4 is 28.2 Å². The minimum Gasteiger partial charge on any atom is -0.473 e. The molecule has 44 heavy (non-hydrogen) atoms. The molecular formula is C35H37N5O4. The summed E-state index contributed by atoms with van der Waals surface area (Å²) in [5.41, 5.74) is 6.69. The Balaban J connectivity index is 0.993. The molecule has 0 amide bonds. The monoisotopic (exact) mass is 591 g/mol. The number of hydrogen-bond acceptors (Lipinski definition) is 9. The smallest absolute Gasteiger partial charge is 0.337 e. The van der Waals surface area contributed by atoms with Crippen LogP contribution in [0.3, 0.4) is 0 Å². The number of anilines is 2. The number of nitrogens with zero attached hydrogens (tertiary/aromatic N) is 4. The molecule has 3 aliphatic heterocycles. The van der Waals surface area contributed by atoms with Crippen LogP contribution in [0.5, 0.6) is 5.88 Å². The molecular weight excluding hydrogens is 554 g/mol. The Morgan fingerprint density at radius 2 is 1.91 bits per heavy atom. The van der Waals surface area contributed by atoms with Crippen molar-refractivity contribution in [1.29, 1.82) is 0 Å². The van der Waals surface area contributed by atoms with Gasteiger partial charge in [0, 0.05) is 54.7 Å². The number of pyridine rings is 2. The van der Waals surface area contributed by atoms with Gasteiger partial charge in [-0.3, -0.25) is 4.98 Å². The molecule has 2 saturated heterocycles. The quantitative estimate of drug-likeness (QED) is 0.248. The maximum Gasteiger partial charge on any atom is 0.337 e. The van der Waals surface area contributed by atoms with E-state index in [0.717, 1.165) is 90.6 Å². The maximum absolute atomic E-state index is 12.2. The number of piperidine rings is 1. The lowest BCUT2D eigenvalue weighted by atomic mass is 9.93. The second kappa shape index (κ2) is 12.2. The topological polar surface area (TPSA) is 89.0 Å². The first kappa shape index (κ1) is 28.2. The summed E-state index contributed by atoms with van der Waals surface area (Å²) in [5.74, 6) is 1.70. The number of ether oxygens (including phenoxy) is 3. The molecule has 1 N–H and O–H groups in total. The van der Waals surface area contributed by atoms with Crippen LogP contribution in [0.25, 0.3) is 10.9 Å². The Bertz CT molecular complexity index is 1710. The second-order valence-electron chi connectivity index (χ2n) is 11.7. The number of aryl methyl sites for hydroxylation is 1. The average molecular weight is 592 g/mol.